The third-order valence-electron chi connectivity index (χ3n) is 4.24. The molecular weight excluding hydrogens is 286 g/mol. The van der Waals surface area contributed by atoms with Crippen LogP contribution in [-0.2, 0) is 0 Å². The van der Waals surface area contributed by atoms with Gasteiger partial charge in [-0.3, -0.25) is 4.79 Å². The second kappa shape index (κ2) is 6.82. The molecule has 2 N–H and O–H groups in total. The lowest BCUT2D eigenvalue weighted by Crippen LogP contribution is -2.25. The number of unbranched alkanes of at least 4 members (excludes halogenated alkanes) is 3. The zero-order chi connectivity index (χ0) is 16.2. The highest BCUT2D eigenvalue weighted by atomic mass is 16.1. The highest BCUT2D eigenvalue weighted by Crippen LogP contribution is 2.25. The number of rotatable bonds is 6. The van der Waals surface area contributed by atoms with Crippen molar-refractivity contribution in [2.75, 3.05) is 6.54 Å². The highest BCUT2D eigenvalue weighted by Gasteiger charge is 2.13. The fourth-order valence-electron chi connectivity index (χ4n) is 2.94. The quantitative estimate of drug-likeness (QED) is 0.666. The molecule has 0 spiro atoms. The predicted octanol–water partition coefficient (Wildman–Crippen LogP) is 4.33. The van der Waals surface area contributed by atoms with Crippen molar-refractivity contribution in [2.24, 2.45) is 0 Å². The van der Waals surface area contributed by atoms with Gasteiger partial charge >= 0.3 is 0 Å². The van der Waals surface area contributed by atoms with E-state index in [1.807, 2.05) is 31.2 Å². The molecule has 0 unspecified atom stereocenters. The Bertz CT molecular complexity index is 835. The molecule has 4 heteroatoms. The van der Waals surface area contributed by atoms with Crippen molar-refractivity contribution in [1.82, 2.24) is 15.3 Å². The Hall–Kier alpha value is -2.36. The molecule has 120 valence electrons. The summed E-state index contributed by atoms with van der Waals surface area (Å²) in [4.78, 5) is 20.3. The molecule has 1 amide bonds. The number of aromatic amines is 1. The van der Waals surface area contributed by atoms with Crippen molar-refractivity contribution in [2.45, 2.75) is 39.5 Å². The second-order valence-electron chi connectivity index (χ2n) is 6.00. The SMILES string of the molecule is CCCCCCNC(=O)c1cc2c(nc1C)[nH]c1ccccc12. The normalized spacial score (nSPS) is 11.2. The van der Waals surface area contributed by atoms with E-state index in [0.29, 0.717) is 5.56 Å². The number of nitrogens with zero attached hydrogens (tertiary/aromatic N) is 1. The monoisotopic (exact) mass is 309 g/mol. The van der Waals surface area contributed by atoms with Crippen molar-refractivity contribution in [3.05, 3.63) is 41.6 Å². The zero-order valence-electron chi connectivity index (χ0n) is 13.8. The molecule has 0 radical (unpaired) electrons. The van der Waals surface area contributed by atoms with Crippen molar-refractivity contribution in [1.29, 1.82) is 0 Å². The summed E-state index contributed by atoms with van der Waals surface area (Å²) in [6.07, 6.45) is 4.61. The van der Waals surface area contributed by atoms with Gasteiger partial charge in [0.15, 0.2) is 0 Å². The van der Waals surface area contributed by atoms with E-state index in [9.17, 15) is 4.79 Å². The van der Waals surface area contributed by atoms with E-state index >= 15 is 0 Å². The molecule has 0 atom stereocenters. The Kier molecular flexibility index (Phi) is 4.60. The average Bonchev–Trinajstić information content (AvgIpc) is 2.91. The number of H-pyrrole nitrogens is 1. The first kappa shape index (κ1) is 15.5. The first-order valence-corrected chi connectivity index (χ1v) is 8.37. The summed E-state index contributed by atoms with van der Waals surface area (Å²) < 4.78 is 0. The molecule has 0 saturated heterocycles. The number of carbonyl (C=O) groups excluding carboxylic acids is 1. The lowest BCUT2D eigenvalue weighted by atomic mass is 10.1. The summed E-state index contributed by atoms with van der Waals surface area (Å²) in [5.41, 5.74) is 3.31. The summed E-state index contributed by atoms with van der Waals surface area (Å²) >= 11 is 0. The van der Waals surface area contributed by atoms with E-state index in [4.69, 9.17) is 0 Å². The van der Waals surface area contributed by atoms with Gasteiger partial charge < -0.3 is 10.3 Å². The van der Waals surface area contributed by atoms with E-state index in [1.54, 1.807) is 0 Å². The van der Waals surface area contributed by atoms with E-state index < -0.39 is 0 Å². The minimum absolute atomic E-state index is 0.0290. The topological polar surface area (TPSA) is 57.8 Å². The largest absolute Gasteiger partial charge is 0.352 e. The first-order chi connectivity index (χ1) is 11.2. The van der Waals surface area contributed by atoms with E-state index in [1.165, 1.54) is 12.8 Å². The van der Waals surface area contributed by atoms with Gasteiger partial charge in [0.2, 0.25) is 0 Å². The molecule has 2 aromatic heterocycles. The lowest BCUT2D eigenvalue weighted by molar-refractivity contribution is 0.0952. The van der Waals surface area contributed by atoms with Crippen LogP contribution in [0.2, 0.25) is 0 Å². The van der Waals surface area contributed by atoms with Crippen LogP contribution in [-0.4, -0.2) is 22.4 Å². The van der Waals surface area contributed by atoms with Crippen molar-refractivity contribution < 1.29 is 4.79 Å². The molecule has 0 fully saturated rings. The highest BCUT2D eigenvalue weighted by molar-refractivity contribution is 6.08. The van der Waals surface area contributed by atoms with Gasteiger partial charge in [-0.15, -0.1) is 0 Å². The molecule has 1 aromatic carbocycles. The van der Waals surface area contributed by atoms with Gasteiger partial charge in [0, 0.05) is 22.8 Å². The molecule has 4 nitrogen and oxygen atoms in total. The summed E-state index contributed by atoms with van der Waals surface area (Å²) in [7, 11) is 0. The predicted molar refractivity (Wildman–Crippen MR) is 94.8 cm³/mol. The number of hydrogen-bond acceptors (Lipinski definition) is 2. The molecule has 0 aliphatic rings. The molecule has 23 heavy (non-hydrogen) atoms. The van der Waals surface area contributed by atoms with Crippen LogP contribution < -0.4 is 5.32 Å². The van der Waals surface area contributed by atoms with Gasteiger partial charge in [-0.2, -0.15) is 0 Å². The molecule has 3 aromatic rings. The van der Waals surface area contributed by atoms with Crippen LogP contribution in [0.4, 0.5) is 0 Å². The molecule has 2 heterocycles. The summed E-state index contributed by atoms with van der Waals surface area (Å²) in [6, 6.07) is 10.0. The standard InChI is InChI=1S/C19H23N3O/c1-3-4-5-8-11-20-19(23)15-12-16-14-9-6-7-10-17(14)22-18(16)21-13(15)2/h6-7,9-10,12H,3-5,8,11H2,1-2H3,(H,20,23)(H,21,22). The molecule has 3 rings (SSSR count). The van der Waals surface area contributed by atoms with Gasteiger partial charge in [0.25, 0.3) is 5.91 Å². The average molecular weight is 309 g/mol. The number of amides is 1. The Morgan fingerprint density at radius 3 is 2.83 bits per heavy atom. The fourth-order valence-corrected chi connectivity index (χ4v) is 2.94. The van der Waals surface area contributed by atoms with Crippen LogP contribution in [0, 0.1) is 6.92 Å². The second-order valence-corrected chi connectivity index (χ2v) is 6.00. The number of aryl methyl sites for hydroxylation is 1. The van der Waals surface area contributed by atoms with Crippen molar-refractivity contribution >= 4 is 27.8 Å². The van der Waals surface area contributed by atoms with Crippen LogP contribution in [0.3, 0.4) is 0 Å². The molecule has 0 aliphatic heterocycles. The fraction of sp³-hybridized carbons (Fsp3) is 0.368. The number of fused-ring (bicyclic) bond motifs is 3. The van der Waals surface area contributed by atoms with E-state index in [-0.39, 0.29) is 5.91 Å². The van der Waals surface area contributed by atoms with Gasteiger partial charge in [-0.05, 0) is 25.5 Å². The van der Waals surface area contributed by atoms with Crippen LogP contribution >= 0.6 is 0 Å². The Balaban J connectivity index is 1.84. The molecule has 0 bridgehead atoms. The van der Waals surface area contributed by atoms with E-state index in [2.05, 4.69) is 28.3 Å². The Morgan fingerprint density at radius 2 is 2.00 bits per heavy atom. The van der Waals surface area contributed by atoms with Gasteiger partial charge in [-0.25, -0.2) is 4.98 Å². The smallest absolute Gasteiger partial charge is 0.253 e. The number of carbonyl (C=O) groups is 1. The summed E-state index contributed by atoms with van der Waals surface area (Å²) in [5.74, 6) is -0.0290. The number of pyridine rings is 1. The molecule has 0 aliphatic carbocycles. The third kappa shape index (κ3) is 3.21. The minimum atomic E-state index is -0.0290. The van der Waals surface area contributed by atoms with Gasteiger partial charge in [-0.1, -0.05) is 44.4 Å². The zero-order valence-corrected chi connectivity index (χ0v) is 13.8. The lowest BCUT2D eigenvalue weighted by Gasteiger charge is -2.07. The van der Waals surface area contributed by atoms with Crippen LogP contribution in [0.5, 0.6) is 0 Å². The van der Waals surface area contributed by atoms with Gasteiger partial charge in [0.05, 0.1) is 11.3 Å². The maximum atomic E-state index is 12.4. The summed E-state index contributed by atoms with van der Waals surface area (Å²) in [5, 5.41) is 5.12. The minimum Gasteiger partial charge on any atom is -0.352 e. The number of nitrogens with one attached hydrogen (secondary N) is 2. The van der Waals surface area contributed by atoms with Crippen LogP contribution in [0.15, 0.2) is 30.3 Å². The van der Waals surface area contributed by atoms with Crippen molar-refractivity contribution in [3.8, 4) is 0 Å². The number of hydrogen-bond donors (Lipinski definition) is 2. The molecule has 0 saturated carbocycles. The summed E-state index contributed by atoms with van der Waals surface area (Å²) in [6.45, 7) is 4.80. The van der Waals surface area contributed by atoms with Gasteiger partial charge in [0.1, 0.15) is 5.65 Å². The molecular formula is C19H23N3O. The third-order valence-corrected chi connectivity index (χ3v) is 4.24. The van der Waals surface area contributed by atoms with Crippen LogP contribution in [0.1, 0.15) is 48.7 Å². The number of aromatic nitrogens is 2. The Labute approximate surface area is 136 Å². The van der Waals surface area contributed by atoms with Crippen LogP contribution in [0.25, 0.3) is 21.9 Å². The number of benzene rings is 1. The van der Waals surface area contributed by atoms with Crippen molar-refractivity contribution in [3.63, 3.8) is 0 Å². The first-order valence-electron chi connectivity index (χ1n) is 8.37. The van der Waals surface area contributed by atoms with E-state index in [0.717, 1.165) is 47.0 Å². The maximum absolute atomic E-state index is 12.4. The maximum Gasteiger partial charge on any atom is 0.253 e. The Morgan fingerprint density at radius 1 is 1.17 bits per heavy atom. The number of para-hydroxylation sites is 1.